The molecular formula is C10H12Cl2N4O. The molecule has 0 N–H and O–H groups in total. The van der Waals surface area contributed by atoms with Gasteiger partial charge in [0, 0.05) is 13.0 Å². The fraction of sp³-hybridized carbons (Fsp3) is 0.500. The quantitative estimate of drug-likeness (QED) is 0.821. The number of rotatable bonds is 5. The Labute approximate surface area is 109 Å². The average molecular weight is 275 g/mol. The van der Waals surface area contributed by atoms with Gasteiger partial charge in [-0.05, 0) is 6.54 Å². The molecule has 0 aliphatic rings. The van der Waals surface area contributed by atoms with Crippen molar-refractivity contribution in [3.63, 3.8) is 0 Å². The Kier molecular flexibility index (Phi) is 5.42. The first-order valence-corrected chi connectivity index (χ1v) is 5.86. The van der Waals surface area contributed by atoms with Crippen molar-refractivity contribution in [2.45, 2.75) is 20.0 Å². The largest absolute Gasteiger partial charge is 0.288 e. The van der Waals surface area contributed by atoms with Gasteiger partial charge in [-0.1, -0.05) is 30.1 Å². The molecule has 92 valence electrons. The highest BCUT2D eigenvalue weighted by molar-refractivity contribution is 6.41. The maximum absolute atomic E-state index is 11.7. The van der Waals surface area contributed by atoms with Crippen LogP contribution in [0.3, 0.4) is 0 Å². The average Bonchev–Trinajstić information content (AvgIpc) is 2.34. The molecule has 1 aromatic heterocycles. The molecule has 0 aliphatic heterocycles. The summed E-state index contributed by atoms with van der Waals surface area (Å²) in [5, 5.41) is 12.5. The Hall–Kier alpha value is -1.09. The van der Waals surface area contributed by atoms with Crippen LogP contribution < -0.4 is 5.56 Å². The summed E-state index contributed by atoms with van der Waals surface area (Å²) in [7, 11) is 0. The standard InChI is InChI=1S/C10H12Cl2N4O/c1-2-15(5-3-4-13)7-16-10(17)9(12)8(11)6-14-16/h6H,2-3,5,7H2,1H3. The minimum atomic E-state index is -0.422. The first kappa shape index (κ1) is 14.0. The third-order valence-electron chi connectivity index (χ3n) is 2.26. The van der Waals surface area contributed by atoms with Crippen LogP contribution in [0.25, 0.3) is 0 Å². The van der Waals surface area contributed by atoms with Gasteiger partial charge in [0.15, 0.2) is 0 Å². The molecule has 1 aromatic rings. The Morgan fingerprint density at radius 2 is 2.29 bits per heavy atom. The van der Waals surface area contributed by atoms with E-state index in [1.807, 2.05) is 11.8 Å². The van der Waals surface area contributed by atoms with Crippen LogP contribution in [-0.4, -0.2) is 27.8 Å². The zero-order valence-electron chi connectivity index (χ0n) is 9.36. The normalized spacial score (nSPS) is 10.5. The van der Waals surface area contributed by atoms with Crippen molar-refractivity contribution in [2.75, 3.05) is 13.1 Å². The summed E-state index contributed by atoms with van der Waals surface area (Å²) in [6.07, 6.45) is 1.74. The van der Waals surface area contributed by atoms with Crippen LogP contribution in [0.1, 0.15) is 13.3 Å². The summed E-state index contributed by atoms with van der Waals surface area (Å²) in [6, 6.07) is 2.06. The monoisotopic (exact) mass is 274 g/mol. The number of nitrogens with zero attached hydrogens (tertiary/aromatic N) is 4. The van der Waals surface area contributed by atoms with Crippen LogP contribution in [0.2, 0.25) is 10.0 Å². The molecule has 17 heavy (non-hydrogen) atoms. The third-order valence-corrected chi connectivity index (χ3v) is 3.01. The molecule has 0 saturated heterocycles. The van der Waals surface area contributed by atoms with E-state index in [2.05, 4.69) is 11.2 Å². The number of nitriles is 1. The van der Waals surface area contributed by atoms with Crippen molar-refractivity contribution in [1.29, 1.82) is 5.26 Å². The highest BCUT2D eigenvalue weighted by Gasteiger charge is 2.10. The lowest BCUT2D eigenvalue weighted by molar-refractivity contribution is 0.217. The highest BCUT2D eigenvalue weighted by atomic mass is 35.5. The molecule has 1 rings (SSSR count). The fourth-order valence-corrected chi connectivity index (χ4v) is 1.54. The summed E-state index contributed by atoms with van der Waals surface area (Å²) in [4.78, 5) is 13.6. The second kappa shape index (κ2) is 6.60. The lowest BCUT2D eigenvalue weighted by atomic mass is 10.4. The van der Waals surface area contributed by atoms with Gasteiger partial charge in [0.05, 0.1) is 24.0 Å². The van der Waals surface area contributed by atoms with Crippen LogP contribution in [0.15, 0.2) is 11.0 Å². The molecule has 0 atom stereocenters. The third kappa shape index (κ3) is 3.70. The van der Waals surface area contributed by atoms with E-state index in [1.165, 1.54) is 10.9 Å². The van der Waals surface area contributed by atoms with Gasteiger partial charge in [0.25, 0.3) is 5.56 Å². The van der Waals surface area contributed by atoms with E-state index in [0.29, 0.717) is 19.6 Å². The molecule has 0 aliphatic carbocycles. The molecule has 5 nitrogen and oxygen atoms in total. The maximum Gasteiger partial charge on any atom is 0.288 e. The van der Waals surface area contributed by atoms with Crippen LogP contribution >= 0.6 is 23.2 Å². The minimum Gasteiger partial charge on any atom is -0.284 e. The summed E-state index contributed by atoms with van der Waals surface area (Å²) in [5.41, 5.74) is -0.422. The fourth-order valence-electron chi connectivity index (χ4n) is 1.27. The van der Waals surface area contributed by atoms with Crippen LogP contribution in [0.4, 0.5) is 0 Å². The number of hydrogen-bond donors (Lipinski definition) is 0. The Morgan fingerprint density at radius 1 is 1.59 bits per heavy atom. The number of aromatic nitrogens is 2. The van der Waals surface area contributed by atoms with E-state index in [4.69, 9.17) is 28.5 Å². The van der Waals surface area contributed by atoms with E-state index in [1.54, 1.807) is 0 Å². The van der Waals surface area contributed by atoms with E-state index in [9.17, 15) is 4.79 Å². The van der Waals surface area contributed by atoms with Crippen molar-refractivity contribution < 1.29 is 0 Å². The molecule has 0 fully saturated rings. The number of halogens is 2. The van der Waals surface area contributed by atoms with E-state index >= 15 is 0 Å². The Bertz CT molecular complexity index is 480. The highest BCUT2D eigenvalue weighted by Crippen LogP contribution is 2.14. The Balaban J connectivity index is 2.84. The molecule has 0 bridgehead atoms. The molecule has 0 spiro atoms. The van der Waals surface area contributed by atoms with Gasteiger partial charge in [-0.3, -0.25) is 9.69 Å². The second-order valence-electron chi connectivity index (χ2n) is 3.37. The second-order valence-corrected chi connectivity index (χ2v) is 4.16. The molecule has 0 amide bonds. The zero-order chi connectivity index (χ0) is 12.8. The lowest BCUT2D eigenvalue weighted by Crippen LogP contribution is -2.34. The molecule has 0 unspecified atom stereocenters. The van der Waals surface area contributed by atoms with Gasteiger partial charge in [-0.2, -0.15) is 10.4 Å². The minimum absolute atomic E-state index is 0.0296. The number of hydrogen-bond acceptors (Lipinski definition) is 4. The SMILES string of the molecule is CCN(CCC#N)Cn1ncc(Cl)c(Cl)c1=O. The van der Waals surface area contributed by atoms with Crippen molar-refractivity contribution in [3.05, 3.63) is 26.6 Å². The van der Waals surface area contributed by atoms with Gasteiger partial charge in [0.1, 0.15) is 5.02 Å². The Morgan fingerprint density at radius 3 is 2.88 bits per heavy atom. The molecular weight excluding hydrogens is 263 g/mol. The molecule has 0 radical (unpaired) electrons. The van der Waals surface area contributed by atoms with Crippen molar-refractivity contribution in [1.82, 2.24) is 14.7 Å². The van der Waals surface area contributed by atoms with Crippen LogP contribution in [0, 0.1) is 11.3 Å². The smallest absolute Gasteiger partial charge is 0.284 e. The summed E-state index contributed by atoms with van der Waals surface area (Å²) in [6.45, 7) is 3.55. The molecule has 1 heterocycles. The predicted molar refractivity (Wildman–Crippen MR) is 66.0 cm³/mol. The van der Waals surface area contributed by atoms with E-state index < -0.39 is 5.56 Å². The van der Waals surface area contributed by atoms with Gasteiger partial charge < -0.3 is 0 Å². The lowest BCUT2D eigenvalue weighted by Gasteiger charge is -2.19. The summed E-state index contributed by atoms with van der Waals surface area (Å²) < 4.78 is 1.23. The van der Waals surface area contributed by atoms with Gasteiger partial charge >= 0.3 is 0 Å². The summed E-state index contributed by atoms with van der Waals surface area (Å²) >= 11 is 11.4. The van der Waals surface area contributed by atoms with Crippen LogP contribution in [-0.2, 0) is 6.67 Å². The zero-order valence-corrected chi connectivity index (χ0v) is 10.9. The summed E-state index contributed by atoms with van der Waals surface area (Å²) in [5.74, 6) is 0. The molecule has 0 aromatic carbocycles. The van der Waals surface area contributed by atoms with Crippen molar-refractivity contribution in [2.24, 2.45) is 0 Å². The maximum atomic E-state index is 11.7. The van der Waals surface area contributed by atoms with Gasteiger partial charge in [0.2, 0.25) is 0 Å². The first-order chi connectivity index (χ1) is 8.10. The van der Waals surface area contributed by atoms with Gasteiger partial charge in [-0.15, -0.1) is 0 Å². The molecule has 7 heteroatoms. The van der Waals surface area contributed by atoms with E-state index in [0.717, 1.165) is 6.54 Å². The van der Waals surface area contributed by atoms with Crippen molar-refractivity contribution >= 4 is 23.2 Å². The van der Waals surface area contributed by atoms with Gasteiger partial charge in [-0.25, -0.2) is 4.68 Å². The molecule has 0 saturated carbocycles. The van der Waals surface area contributed by atoms with Crippen LogP contribution in [0.5, 0.6) is 0 Å². The first-order valence-electron chi connectivity index (χ1n) is 5.10. The topological polar surface area (TPSA) is 61.9 Å². The van der Waals surface area contributed by atoms with E-state index in [-0.39, 0.29) is 10.0 Å². The van der Waals surface area contributed by atoms with Crippen molar-refractivity contribution in [3.8, 4) is 6.07 Å². The predicted octanol–water partition coefficient (Wildman–Crippen LogP) is 1.74.